The van der Waals surface area contributed by atoms with Crippen LogP contribution in [0.5, 0.6) is 5.75 Å². The lowest BCUT2D eigenvalue weighted by atomic mass is 10.2. The number of hydrogen-bond acceptors (Lipinski definition) is 6. The van der Waals surface area contributed by atoms with Gasteiger partial charge in [0, 0.05) is 16.2 Å². The Morgan fingerprint density at radius 2 is 2.00 bits per heavy atom. The molecule has 3 N–H and O–H groups in total. The number of aromatic hydroxyl groups is 1. The molecule has 0 aliphatic rings. The van der Waals surface area contributed by atoms with E-state index in [2.05, 4.69) is 10.6 Å². The normalized spacial score (nSPS) is 10.5. The first-order chi connectivity index (χ1) is 12.4. The number of nitro groups is 1. The number of thiocarbonyl (C=S) groups is 1. The predicted molar refractivity (Wildman–Crippen MR) is 105 cm³/mol. The van der Waals surface area contributed by atoms with E-state index in [-0.39, 0.29) is 22.2 Å². The van der Waals surface area contributed by atoms with E-state index >= 15 is 0 Å². The molecule has 132 valence electrons. The largest absolute Gasteiger partial charge is 0.506 e. The monoisotopic (exact) mass is 407 g/mol. The zero-order valence-electron chi connectivity index (χ0n) is 12.9. The van der Waals surface area contributed by atoms with E-state index in [1.54, 1.807) is 0 Å². The van der Waals surface area contributed by atoms with Crippen molar-refractivity contribution in [3.8, 4) is 5.75 Å². The number of phenols is 1. The summed E-state index contributed by atoms with van der Waals surface area (Å²) in [6, 6.07) is 10.8. The quantitative estimate of drug-likeness (QED) is 0.259. The van der Waals surface area contributed by atoms with Gasteiger partial charge < -0.3 is 10.4 Å². The highest BCUT2D eigenvalue weighted by molar-refractivity contribution is 7.80. The summed E-state index contributed by atoms with van der Waals surface area (Å²) in [4.78, 5) is 22.8. The summed E-state index contributed by atoms with van der Waals surface area (Å²) in [6.07, 6.45) is 0. The highest BCUT2D eigenvalue weighted by Gasteiger charge is 2.18. The Balaban J connectivity index is 1.74. The van der Waals surface area contributed by atoms with Crippen molar-refractivity contribution in [2.75, 3.05) is 5.32 Å². The summed E-state index contributed by atoms with van der Waals surface area (Å²) in [5, 5.41) is 26.6. The first-order valence-corrected chi connectivity index (χ1v) is 8.74. The Morgan fingerprint density at radius 1 is 1.27 bits per heavy atom. The maximum absolute atomic E-state index is 12.4. The summed E-state index contributed by atoms with van der Waals surface area (Å²) >= 11 is 12.5. The minimum absolute atomic E-state index is 0.0762. The Hall–Kier alpha value is -2.75. The number of carbonyl (C=O) groups excluding carboxylic acids is 1. The zero-order valence-corrected chi connectivity index (χ0v) is 15.2. The van der Waals surface area contributed by atoms with Crippen molar-refractivity contribution in [2.45, 2.75) is 0 Å². The summed E-state index contributed by atoms with van der Waals surface area (Å²) in [6.45, 7) is 0. The molecular weight excluding hydrogens is 398 g/mol. The van der Waals surface area contributed by atoms with Crippen LogP contribution in [0, 0.1) is 10.1 Å². The van der Waals surface area contributed by atoms with Crippen molar-refractivity contribution in [2.24, 2.45) is 0 Å². The molecule has 0 saturated carbocycles. The number of anilines is 1. The SMILES string of the molecule is O=C(NC(=S)Nc1ccc([N+](=O)[O-])cc1O)c1sc2ccccc2c1Cl. The molecule has 3 rings (SSSR count). The van der Waals surface area contributed by atoms with Crippen molar-refractivity contribution >= 4 is 67.6 Å². The van der Waals surface area contributed by atoms with E-state index in [0.717, 1.165) is 16.2 Å². The standard InChI is InChI=1S/C16H10ClN3O4S2/c17-13-9-3-1-2-4-12(9)26-14(13)15(22)19-16(25)18-10-6-5-8(20(23)24)7-11(10)21/h1-7,21H,(H2,18,19,22,25). The van der Waals surface area contributed by atoms with Crippen LogP contribution in [0.1, 0.15) is 9.67 Å². The number of rotatable bonds is 3. The number of nitrogens with zero attached hydrogens (tertiary/aromatic N) is 1. The van der Waals surface area contributed by atoms with Crippen molar-refractivity contribution in [3.05, 3.63) is 62.5 Å². The lowest BCUT2D eigenvalue weighted by Crippen LogP contribution is -2.33. The number of benzene rings is 2. The number of hydrogen-bond donors (Lipinski definition) is 3. The fraction of sp³-hybridized carbons (Fsp3) is 0. The maximum Gasteiger partial charge on any atom is 0.273 e. The average Bonchev–Trinajstić information content (AvgIpc) is 2.94. The molecule has 0 fully saturated rings. The fourth-order valence-electron chi connectivity index (χ4n) is 2.21. The molecule has 0 saturated heterocycles. The van der Waals surface area contributed by atoms with E-state index in [0.29, 0.717) is 9.90 Å². The molecule has 26 heavy (non-hydrogen) atoms. The fourth-order valence-corrected chi connectivity index (χ4v) is 3.83. The third-order valence-electron chi connectivity index (χ3n) is 3.41. The average molecular weight is 408 g/mol. The molecule has 10 heteroatoms. The lowest BCUT2D eigenvalue weighted by molar-refractivity contribution is -0.384. The molecule has 0 spiro atoms. The molecule has 0 atom stereocenters. The second-order valence-electron chi connectivity index (χ2n) is 5.11. The number of fused-ring (bicyclic) bond motifs is 1. The van der Waals surface area contributed by atoms with Gasteiger partial charge in [0.05, 0.1) is 21.7 Å². The number of nitrogens with one attached hydrogen (secondary N) is 2. The van der Waals surface area contributed by atoms with Gasteiger partial charge in [-0.25, -0.2) is 0 Å². The number of halogens is 1. The van der Waals surface area contributed by atoms with Gasteiger partial charge in [0.25, 0.3) is 11.6 Å². The van der Waals surface area contributed by atoms with E-state index in [9.17, 15) is 20.0 Å². The zero-order chi connectivity index (χ0) is 18.8. The number of non-ortho nitro benzene ring substituents is 1. The van der Waals surface area contributed by atoms with Crippen LogP contribution in [0.4, 0.5) is 11.4 Å². The second kappa shape index (κ2) is 7.24. The predicted octanol–water partition coefficient (Wildman–Crippen LogP) is 4.30. The van der Waals surface area contributed by atoms with Crippen LogP contribution in [0.3, 0.4) is 0 Å². The van der Waals surface area contributed by atoms with Crippen molar-refractivity contribution in [1.29, 1.82) is 0 Å². The summed E-state index contributed by atoms with van der Waals surface area (Å²) in [5.74, 6) is -0.856. The molecule has 0 bridgehead atoms. The van der Waals surface area contributed by atoms with Gasteiger partial charge in [0.1, 0.15) is 10.6 Å². The topological polar surface area (TPSA) is 104 Å². The van der Waals surface area contributed by atoms with Crippen LogP contribution in [0.25, 0.3) is 10.1 Å². The van der Waals surface area contributed by atoms with Gasteiger partial charge in [-0.15, -0.1) is 11.3 Å². The van der Waals surface area contributed by atoms with Gasteiger partial charge in [-0.1, -0.05) is 29.8 Å². The van der Waals surface area contributed by atoms with Crippen LogP contribution in [0.2, 0.25) is 5.02 Å². The van der Waals surface area contributed by atoms with Crippen LogP contribution in [0.15, 0.2) is 42.5 Å². The number of phenolic OH excluding ortho intramolecular Hbond substituents is 1. The summed E-state index contributed by atoms with van der Waals surface area (Å²) in [7, 11) is 0. The Kier molecular flexibility index (Phi) is 5.03. The van der Waals surface area contributed by atoms with Crippen LogP contribution in [-0.2, 0) is 0 Å². The number of amides is 1. The minimum atomic E-state index is -0.632. The molecule has 1 amide bonds. The third-order valence-corrected chi connectivity index (χ3v) is 5.29. The number of carbonyl (C=O) groups is 1. The van der Waals surface area contributed by atoms with Gasteiger partial charge in [0.2, 0.25) is 0 Å². The van der Waals surface area contributed by atoms with E-state index < -0.39 is 10.8 Å². The van der Waals surface area contributed by atoms with Crippen molar-refractivity contribution in [3.63, 3.8) is 0 Å². The van der Waals surface area contributed by atoms with Crippen molar-refractivity contribution < 1.29 is 14.8 Å². The van der Waals surface area contributed by atoms with E-state index in [4.69, 9.17) is 23.8 Å². The number of nitro benzene ring substituents is 1. The van der Waals surface area contributed by atoms with Gasteiger partial charge in [-0.05, 0) is 24.4 Å². The molecule has 3 aromatic rings. The maximum atomic E-state index is 12.4. The third kappa shape index (κ3) is 3.59. The first kappa shape index (κ1) is 18.1. The molecule has 0 radical (unpaired) electrons. The molecule has 1 aromatic heterocycles. The second-order valence-corrected chi connectivity index (χ2v) is 6.95. The van der Waals surface area contributed by atoms with Crippen molar-refractivity contribution in [1.82, 2.24) is 5.32 Å². The number of thiophene rings is 1. The Bertz CT molecular complexity index is 1050. The first-order valence-electron chi connectivity index (χ1n) is 7.13. The van der Waals surface area contributed by atoms with Crippen LogP contribution >= 0.6 is 35.2 Å². The lowest BCUT2D eigenvalue weighted by Gasteiger charge is -2.10. The molecular formula is C16H10ClN3O4S2. The molecule has 0 aliphatic carbocycles. The highest BCUT2D eigenvalue weighted by atomic mass is 35.5. The highest BCUT2D eigenvalue weighted by Crippen LogP contribution is 2.35. The Labute approximate surface area is 161 Å². The smallest absolute Gasteiger partial charge is 0.273 e. The summed E-state index contributed by atoms with van der Waals surface area (Å²) in [5.41, 5.74) is -0.136. The van der Waals surface area contributed by atoms with Gasteiger partial charge >= 0.3 is 0 Å². The molecule has 0 aliphatic heterocycles. The van der Waals surface area contributed by atoms with Crippen LogP contribution in [-0.4, -0.2) is 21.0 Å². The molecule has 2 aromatic carbocycles. The Morgan fingerprint density at radius 3 is 2.65 bits per heavy atom. The van der Waals surface area contributed by atoms with Gasteiger partial charge in [-0.2, -0.15) is 0 Å². The van der Waals surface area contributed by atoms with Gasteiger partial charge in [-0.3, -0.25) is 20.2 Å². The van der Waals surface area contributed by atoms with Gasteiger partial charge in [0.15, 0.2) is 5.11 Å². The molecule has 0 unspecified atom stereocenters. The molecule has 1 heterocycles. The van der Waals surface area contributed by atoms with Crippen LogP contribution < -0.4 is 10.6 Å². The molecule has 7 nitrogen and oxygen atoms in total. The van der Waals surface area contributed by atoms with E-state index in [1.807, 2.05) is 24.3 Å². The van der Waals surface area contributed by atoms with E-state index in [1.165, 1.54) is 23.5 Å². The minimum Gasteiger partial charge on any atom is -0.506 e. The summed E-state index contributed by atoms with van der Waals surface area (Å²) < 4.78 is 0.870.